The molecule has 13 heavy (non-hydrogen) atoms. The average Bonchev–Trinajstić information content (AvgIpc) is 2.12. The van der Waals surface area contributed by atoms with E-state index in [-0.39, 0.29) is 0 Å². The molecule has 1 atom stereocenters. The van der Waals surface area contributed by atoms with Crippen LogP contribution < -0.4 is 0 Å². The van der Waals surface area contributed by atoms with Crippen LogP contribution in [0.15, 0.2) is 0 Å². The van der Waals surface area contributed by atoms with Crippen molar-refractivity contribution in [3.05, 3.63) is 0 Å². The molecule has 3 rings (SSSR count). The Balaban J connectivity index is 1.86. The van der Waals surface area contributed by atoms with Crippen molar-refractivity contribution in [1.29, 1.82) is 0 Å². The molecule has 0 aromatic heterocycles. The Hall–Kier alpha value is 0. The van der Waals surface area contributed by atoms with E-state index in [9.17, 15) is 0 Å². The van der Waals surface area contributed by atoms with Crippen molar-refractivity contribution in [1.82, 2.24) is 0 Å². The Kier molecular flexibility index (Phi) is 2.42. The fourth-order valence-corrected chi connectivity index (χ4v) is 3.41. The minimum absolute atomic E-state index is 0.555. The molecule has 3 fully saturated rings. The monoisotopic (exact) mass is 180 g/mol. The molecule has 0 spiro atoms. The lowest BCUT2D eigenvalue weighted by Gasteiger charge is -2.33. The van der Waals surface area contributed by atoms with Gasteiger partial charge in [0.25, 0.3) is 0 Å². The van der Waals surface area contributed by atoms with Crippen molar-refractivity contribution in [3.63, 3.8) is 0 Å². The summed E-state index contributed by atoms with van der Waals surface area (Å²) in [5.41, 5.74) is 0.555. The van der Waals surface area contributed by atoms with Crippen LogP contribution in [-0.4, -0.2) is 0 Å². The number of hydrogen-bond acceptors (Lipinski definition) is 0. The van der Waals surface area contributed by atoms with Crippen LogP contribution in [0.3, 0.4) is 0 Å². The normalized spacial score (nSPS) is 39.5. The molecule has 76 valence electrons. The van der Waals surface area contributed by atoms with Crippen LogP contribution in [0.2, 0.25) is 0 Å². The SMILES string of the molecule is CC(C)(C)CC1CCC2CC(C2)C1. The van der Waals surface area contributed by atoms with Crippen LogP contribution in [0, 0.1) is 23.2 Å². The minimum atomic E-state index is 0.555. The first-order valence-corrected chi connectivity index (χ1v) is 6.03. The highest BCUT2D eigenvalue weighted by molar-refractivity contribution is 4.87. The summed E-state index contributed by atoms with van der Waals surface area (Å²) in [5, 5.41) is 0. The average molecular weight is 180 g/mol. The van der Waals surface area contributed by atoms with Gasteiger partial charge in [0.2, 0.25) is 0 Å². The molecule has 3 aliphatic carbocycles. The summed E-state index contributed by atoms with van der Waals surface area (Å²) in [4.78, 5) is 0. The molecule has 0 heteroatoms. The molecule has 0 aromatic carbocycles. The second-order valence-corrected chi connectivity index (χ2v) is 6.65. The van der Waals surface area contributed by atoms with Crippen LogP contribution >= 0.6 is 0 Å². The molecule has 3 saturated carbocycles. The van der Waals surface area contributed by atoms with Gasteiger partial charge in [0.15, 0.2) is 0 Å². The Morgan fingerprint density at radius 3 is 2.23 bits per heavy atom. The lowest BCUT2D eigenvalue weighted by atomic mass is 9.73. The third kappa shape index (κ3) is 2.48. The summed E-state index contributed by atoms with van der Waals surface area (Å²) < 4.78 is 0. The zero-order chi connectivity index (χ0) is 9.47. The first-order chi connectivity index (χ1) is 6.03. The molecule has 0 amide bonds. The predicted octanol–water partition coefficient (Wildman–Crippen LogP) is 4.25. The standard InChI is InChI=1S/C13H24/c1-13(2,3)9-11-5-4-10-6-12(7-10)8-11/h10-12H,4-9H2,1-3H3. The van der Waals surface area contributed by atoms with E-state index in [1.165, 1.54) is 19.3 Å². The van der Waals surface area contributed by atoms with Crippen molar-refractivity contribution < 1.29 is 0 Å². The Bertz CT molecular complexity index is 169. The van der Waals surface area contributed by atoms with E-state index >= 15 is 0 Å². The molecule has 2 bridgehead atoms. The third-order valence-electron chi connectivity index (χ3n) is 3.88. The van der Waals surface area contributed by atoms with E-state index in [0.717, 1.165) is 17.8 Å². The van der Waals surface area contributed by atoms with E-state index in [1.54, 1.807) is 19.3 Å². The van der Waals surface area contributed by atoms with Crippen LogP contribution in [0.5, 0.6) is 0 Å². The van der Waals surface area contributed by atoms with Gasteiger partial charge in [0, 0.05) is 0 Å². The first-order valence-electron chi connectivity index (χ1n) is 6.03. The summed E-state index contributed by atoms with van der Waals surface area (Å²) in [7, 11) is 0. The summed E-state index contributed by atoms with van der Waals surface area (Å²) in [6.45, 7) is 7.17. The second-order valence-electron chi connectivity index (χ2n) is 6.65. The Morgan fingerprint density at radius 1 is 0.923 bits per heavy atom. The molecule has 0 N–H and O–H groups in total. The number of rotatable bonds is 1. The van der Waals surface area contributed by atoms with Gasteiger partial charge in [-0.25, -0.2) is 0 Å². The number of hydrogen-bond donors (Lipinski definition) is 0. The van der Waals surface area contributed by atoms with Gasteiger partial charge in [0.1, 0.15) is 0 Å². The van der Waals surface area contributed by atoms with E-state index in [0.29, 0.717) is 5.41 Å². The molecule has 1 unspecified atom stereocenters. The zero-order valence-electron chi connectivity index (χ0n) is 9.47. The highest BCUT2D eigenvalue weighted by Gasteiger charge is 2.35. The predicted molar refractivity (Wildman–Crippen MR) is 57.6 cm³/mol. The van der Waals surface area contributed by atoms with Crippen molar-refractivity contribution in [3.8, 4) is 0 Å². The third-order valence-corrected chi connectivity index (χ3v) is 3.88. The van der Waals surface area contributed by atoms with Crippen molar-refractivity contribution in [2.75, 3.05) is 0 Å². The van der Waals surface area contributed by atoms with Gasteiger partial charge in [-0.1, -0.05) is 33.6 Å². The quantitative estimate of drug-likeness (QED) is 0.566. The highest BCUT2D eigenvalue weighted by atomic mass is 14.4. The molecular weight excluding hydrogens is 156 g/mol. The molecule has 0 radical (unpaired) electrons. The van der Waals surface area contributed by atoms with E-state index in [2.05, 4.69) is 20.8 Å². The zero-order valence-corrected chi connectivity index (χ0v) is 9.47. The van der Waals surface area contributed by atoms with Crippen molar-refractivity contribution in [2.24, 2.45) is 23.2 Å². The highest BCUT2D eigenvalue weighted by Crippen LogP contribution is 2.47. The van der Waals surface area contributed by atoms with Crippen LogP contribution in [0.4, 0.5) is 0 Å². The van der Waals surface area contributed by atoms with Gasteiger partial charge in [-0.3, -0.25) is 0 Å². The molecule has 0 aromatic rings. The van der Waals surface area contributed by atoms with E-state index in [4.69, 9.17) is 0 Å². The van der Waals surface area contributed by atoms with Gasteiger partial charge >= 0.3 is 0 Å². The summed E-state index contributed by atoms with van der Waals surface area (Å²) in [6, 6.07) is 0. The van der Waals surface area contributed by atoms with Crippen LogP contribution in [0.25, 0.3) is 0 Å². The first kappa shape index (κ1) is 9.55. The smallest absolute Gasteiger partial charge is 0.0380 e. The van der Waals surface area contributed by atoms with Crippen molar-refractivity contribution >= 4 is 0 Å². The van der Waals surface area contributed by atoms with E-state index in [1.807, 2.05) is 0 Å². The summed E-state index contributed by atoms with van der Waals surface area (Å²) >= 11 is 0. The maximum atomic E-state index is 2.39. The van der Waals surface area contributed by atoms with Gasteiger partial charge < -0.3 is 0 Å². The van der Waals surface area contributed by atoms with Crippen LogP contribution in [0.1, 0.15) is 59.3 Å². The molecule has 0 heterocycles. The Morgan fingerprint density at radius 2 is 1.62 bits per heavy atom. The fourth-order valence-electron chi connectivity index (χ4n) is 3.41. The Labute approximate surface area is 83.1 Å². The van der Waals surface area contributed by atoms with Gasteiger partial charge in [-0.05, 0) is 48.9 Å². The van der Waals surface area contributed by atoms with Crippen LogP contribution in [-0.2, 0) is 0 Å². The van der Waals surface area contributed by atoms with Gasteiger partial charge in [-0.15, -0.1) is 0 Å². The number of fused-ring (bicyclic) bond motifs is 3. The fraction of sp³-hybridized carbons (Fsp3) is 1.00. The van der Waals surface area contributed by atoms with Gasteiger partial charge in [-0.2, -0.15) is 0 Å². The topological polar surface area (TPSA) is 0 Å². The molecule has 0 nitrogen and oxygen atoms in total. The van der Waals surface area contributed by atoms with Gasteiger partial charge in [0.05, 0.1) is 0 Å². The molecule has 0 saturated heterocycles. The molecule has 0 aliphatic heterocycles. The maximum Gasteiger partial charge on any atom is -0.0380 e. The van der Waals surface area contributed by atoms with Crippen molar-refractivity contribution in [2.45, 2.75) is 59.3 Å². The molecular formula is C13H24. The lowest BCUT2D eigenvalue weighted by molar-refractivity contribution is 0.184. The largest absolute Gasteiger partial charge is 0.0602 e. The second kappa shape index (κ2) is 3.29. The lowest BCUT2D eigenvalue weighted by Crippen LogP contribution is -2.21. The maximum absolute atomic E-state index is 2.39. The van der Waals surface area contributed by atoms with E-state index < -0.39 is 0 Å². The minimum Gasteiger partial charge on any atom is -0.0602 e. The molecule has 3 aliphatic rings. The summed E-state index contributed by atoms with van der Waals surface area (Å²) in [6.07, 6.45) is 9.21. The summed E-state index contributed by atoms with van der Waals surface area (Å²) in [5.74, 6) is 3.31.